The van der Waals surface area contributed by atoms with E-state index in [1.807, 2.05) is 51.1 Å². The van der Waals surface area contributed by atoms with Gasteiger partial charge in [0, 0.05) is 10.9 Å². The molecule has 0 aliphatic rings. The smallest absolute Gasteiger partial charge is 0.229 e. The number of hydrogen-bond donors (Lipinski definition) is 1. The number of ether oxygens (including phenoxy) is 1. The van der Waals surface area contributed by atoms with Crippen molar-refractivity contribution < 1.29 is 13.9 Å². The largest absolute Gasteiger partial charge is 0.492 e. The van der Waals surface area contributed by atoms with Gasteiger partial charge < -0.3 is 14.5 Å². The topological polar surface area (TPSA) is 51.5 Å². The first-order valence-corrected chi connectivity index (χ1v) is 8.07. The summed E-state index contributed by atoms with van der Waals surface area (Å²) in [5, 5.41) is 3.95. The van der Waals surface area contributed by atoms with Gasteiger partial charge in [0.25, 0.3) is 0 Å². The molecule has 0 fully saturated rings. The maximum absolute atomic E-state index is 12.4. The van der Waals surface area contributed by atoms with Crippen LogP contribution >= 0.6 is 0 Å². The number of carbonyl (C=O) groups excluding carboxylic acids is 1. The van der Waals surface area contributed by atoms with E-state index < -0.39 is 0 Å². The Balaban J connectivity index is 1.81. The van der Waals surface area contributed by atoms with Crippen LogP contribution in [0.15, 0.2) is 47.1 Å². The highest BCUT2D eigenvalue weighted by Gasteiger charge is 2.14. The average molecular weight is 323 g/mol. The lowest BCUT2D eigenvalue weighted by molar-refractivity contribution is -0.115. The van der Waals surface area contributed by atoms with Crippen LogP contribution in [-0.4, -0.2) is 12.5 Å². The first-order chi connectivity index (χ1) is 11.6. The van der Waals surface area contributed by atoms with Crippen LogP contribution in [0.3, 0.4) is 0 Å². The van der Waals surface area contributed by atoms with Gasteiger partial charge in [-0.15, -0.1) is 0 Å². The number of amides is 1. The van der Waals surface area contributed by atoms with E-state index in [0.29, 0.717) is 18.0 Å². The van der Waals surface area contributed by atoms with E-state index in [9.17, 15) is 4.79 Å². The standard InChI is InChI=1S/C20H21NO3/c1-4-23-17-8-6-5-7-16(17)21-19(22)11-15-12-24-18-10-13(2)9-14(3)20(15)18/h5-10,12H,4,11H2,1-3H3,(H,21,22). The van der Waals surface area contributed by atoms with E-state index in [1.165, 1.54) is 0 Å². The first kappa shape index (κ1) is 16.1. The first-order valence-electron chi connectivity index (χ1n) is 8.07. The highest BCUT2D eigenvalue weighted by atomic mass is 16.5. The molecule has 4 nitrogen and oxygen atoms in total. The summed E-state index contributed by atoms with van der Waals surface area (Å²) in [5.41, 5.74) is 4.68. The summed E-state index contributed by atoms with van der Waals surface area (Å²) >= 11 is 0. The molecule has 1 heterocycles. The molecule has 0 radical (unpaired) electrons. The van der Waals surface area contributed by atoms with Crippen LogP contribution < -0.4 is 10.1 Å². The molecule has 0 aliphatic carbocycles. The number of para-hydroxylation sites is 2. The number of benzene rings is 2. The van der Waals surface area contributed by atoms with E-state index in [2.05, 4.69) is 11.4 Å². The molecule has 24 heavy (non-hydrogen) atoms. The van der Waals surface area contributed by atoms with Crippen molar-refractivity contribution in [2.75, 3.05) is 11.9 Å². The minimum atomic E-state index is -0.0928. The van der Waals surface area contributed by atoms with Gasteiger partial charge in [0.1, 0.15) is 11.3 Å². The van der Waals surface area contributed by atoms with E-state index in [1.54, 1.807) is 6.26 Å². The maximum atomic E-state index is 12.4. The van der Waals surface area contributed by atoms with Crippen LogP contribution in [0, 0.1) is 13.8 Å². The van der Waals surface area contributed by atoms with E-state index in [0.717, 1.165) is 27.7 Å². The van der Waals surface area contributed by atoms with Crippen molar-refractivity contribution in [1.82, 2.24) is 0 Å². The number of hydrogen-bond acceptors (Lipinski definition) is 3. The molecule has 0 bridgehead atoms. The molecule has 0 atom stereocenters. The predicted molar refractivity (Wildman–Crippen MR) is 95.6 cm³/mol. The van der Waals surface area contributed by atoms with Crippen molar-refractivity contribution in [3.63, 3.8) is 0 Å². The Bertz CT molecular complexity index is 880. The fourth-order valence-corrected chi connectivity index (χ4v) is 2.98. The molecule has 3 aromatic rings. The molecular formula is C20H21NO3. The Morgan fingerprint density at radius 1 is 1.21 bits per heavy atom. The van der Waals surface area contributed by atoms with Crippen LogP contribution in [0.4, 0.5) is 5.69 Å². The van der Waals surface area contributed by atoms with Crippen LogP contribution in [0.25, 0.3) is 11.0 Å². The molecule has 2 aromatic carbocycles. The van der Waals surface area contributed by atoms with Crippen LogP contribution in [0.2, 0.25) is 0 Å². The highest BCUT2D eigenvalue weighted by molar-refractivity contribution is 5.97. The summed E-state index contributed by atoms with van der Waals surface area (Å²) in [4.78, 5) is 12.4. The quantitative estimate of drug-likeness (QED) is 0.745. The molecule has 0 aliphatic heterocycles. The number of furan rings is 1. The van der Waals surface area contributed by atoms with E-state index in [-0.39, 0.29) is 12.3 Å². The summed E-state index contributed by atoms with van der Waals surface area (Å²) < 4.78 is 11.2. The van der Waals surface area contributed by atoms with Crippen molar-refractivity contribution in [2.45, 2.75) is 27.2 Å². The Labute approximate surface area is 141 Å². The molecule has 1 aromatic heterocycles. The third-order valence-corrected chi connectivity index (χ3v) is 3.90. The number of carbonyl (C=O) groups is 1. The van der Waals surface area contributed by atoms with Crippen LogP contribution in [0.1, 0.15) is 23.6 Å². The molecular weight excluding hydrogens is 302 g/mol. The normalized spacial score (nSPS) is 10.8. The fraction of sp³-hybridized carbons (Fsp3) is 0.250. The van der Waals surface area contributed by atoms with Gasteiger partial charge in [-0.1, -0.05) is 18.2 Å². The van der Waals surface area contributed by atoms with Crippen molar-refractivity contribution in [3.8, 4) is 5.75 Å². The monoisotopic (exact) mass is 323 g/mol. The predicted octanol–water partition coefficient (Wildman–Crippen LogP) is 4.63. The summed E-state index contributed by atoms with van der Waals surface area (Å²) in [5.74, 6) is 0.585. The van der Waals surface area contributed by atoms with Crippen molar-refractivity contribution in [3.05, 3.63) is 59.4 Å². The van der Waals surface area contributed by atoms with Crippen molar-refractivity contribution in [2.24, 2.45) is 0 Å². The molecule has 0 spiro atoms. The van der Waals surface area contributed by atoms with Crippen molar-refractivity contribution >= 4 is 22.6 Å². The van der Waals surface area contributed by atoms with E-state index >= 15 is 0 Å². The second-order valence-corrected chi connectivity index (χ2v) is 5.87. The zero-order chi connectivity index (χ0) is 17.1. The van der Waals surface area contributed by atoms with E-state index in [4.69, 9.17) is 9.15 Å². The summed E-state index contributed by atoms with van der Waals surface area (Å²) in [7, 11) is 0. The third kappa shape index (κ3) is 3.27. The number of nitrogens with one attached hydrogen (secondary N) is 1. The van der Waals surface area contributed by atoms with Gasteiger partial charge >= 0.3 is 0 Å². The second-order valence-electron chi connectivity index (χ2n) is 5.87. The number of aryl methyl sites for hydroxylation is 2. The zero-order valence-electron chi connectivity index (χ0n) is 14.2. The van der Waals surface area contributed by atoms with Crippen LogP contribution in [0.5, 0.6) is 5.75 Å². The van der Waals surface area contributed by atoms with Gasteiger partial charge in [0.05, 0.1) is 25.0 Å². The highest BCUT2D eigenvalue weighted by Crippen LogP contribution is 2.28. The number of fused-ring (bicyclic) bond motifs is 1. The van der Waals surface area contributed by atoms with Gasteiger partial charge in [-0.3, -0.25) is 4.79 Å². The second kappa shape index (κ2) is 6.79. The van der Waals surface area contributed by atoms with Crippen LogP contribution in [-0.2, 0) is 11.2 Å². The Hall–Kier alpha value is -2.75. The summed E-state index contributed by atoms with van der Waals surface area (Å²) in [6.07, 6.45) is 1.93. The van der Waals surface area contributed by atoms with Gasteiger partial charge in [0.2, 0.25) is 5.91 Å². The lowest BCUT2D eigenvalue weighted by Gasteiger charge is -2.11. The zero-order valence-corrected chi connectivity index (χ0v) is 14.2. The number of anilines is 1. The molecule has 4 heteroatoms. The third-order valence-electron chi connectivity index (χ3n) is 3.90. The van der Waals surface area contributed by atoms with Gasteiger partial charge in [0.15, 0.2) is 0 Å². The summed E-state index contributed by atoms with van der Waals surface area (Å²) in [6.45, 7) is 6.54. The Morgan fingerprint density at radius 2 is 2.00 bits per heavy atom. The Morgan fingerprint density at radius 3 is 2.79 bits per heavy atom. The van der Waals surface area contributed by atoms with Gasteiger partial charge in [-0.2, -0.15) is 0 Å². The number of rotatable bonds is 5. The molecule has 1 amide bonds. The van der Waals surface area contributed by atoms with Gasteiger partial charge in [-0.25, -0.2) is 0 Å². The molecule has 0 unspecified atom stereocenters. The molecule has 1 N–H and O–H groups in total. The maximum Gasteiger partial charge on any atom is 0.229 e. The SMILES string of the molecule is CCOc1ccccc1NC(=O)Cc1coc2cc(C)cc(C)c12. The Kier molecular flexibility index (Phi) is 4.56. The van der Waals surface area contributed by atoms with Crippen molar-refractivity contribution in [1.29, 1.82) is 0 Å². The fourth-order valence-electron chi connectivity index (χ4n) is 2.98. The lowest BCUT2D eigenvalue weighted by Crippen LogP contribution is -2.15. The van der Waals surface area contributed by atoms with Gasteiger partial charge in [-0.05, 0) is 50.1 Å². The minimum absolute atomic E-state index is 0.0928. The molecule has 3 rings (SSSR count). The average Bonchev–Trinajstić information content (AvgIpc) is 2.92. The minimum Gasteiger partial charge on any atom is -0.492 e. The molecule has 124 valence electrons. The summed E-state index contributed by atoms with van der Waals surface area (Å²) in [6, 6.07) is 11.5. The lowest BCUT2D eigenvalue weighted by atomic mass is 10.0. The molecule has 0 saturated heterocycles. The molecule has 0 saturated carbocycles.